The molecule has 5 nitrogen and oxygen atoms in total. The molecule has 1 aliphatic rings. The van der Waals surface area contributed by atoms with E-state index in [4.69, 9.17) is 0 Å². The molecule has 1 aliphatic heterocycles. The van der Waals surface area contributed by atoms with Crippen molar-refractivity contribution in [2.24, 2.45) is 0 Å². The normalized spacial score (nSPS) is 14.2. The molecule has 0 fully saturated rings. The van der Waals surface area contributed by atoms with Crippen molar-refractivity contribution >= 4 is 17.7 Å². The number of fused-ring (bicyclic) bond motifs is 1. The van der Waals surface area contributed by atoms with Crippen molar-refractivity contribution < 1.29 is 14.4 Å². The van der Waals surface area contributed by atoms with Crippen LogP contribution in [0.1, 0.15) is 64.9 Å². The lowest BCUT2D eigenvalue weighted by Crippen LogP contribution is -2.30. The quantitative estimate of drug-likeness (QED) is 0.573. The van der Waals surface area contributed by atoms with Crippen molar-refractivity contribution in [3.63, 3.8) is 0 Å². The molecule has 2 aromatic rings. The first-order chi connectivity index (χ1) is 13.1. The van der Waals surface area contributed by atoms with Gasteiger partial charge in [0.1, 0.15) is 0 Å². The van der Waals surface area contributed by atoms with Crippen LogP contribution in [0.3, 0.4) is 0 Å². The topological polar surface area (TPSA) is 66.5 Å². The Balaban J connectivity index is 1.37. The van der Waals surface area contributed by atoms with Crippen LogP contribution in [0.4, 0.5) is 0 Å². The highest BCUT2D eigenvalue weighted by Crippen LogP contribution is 2.22. The number of carbonyl (C=O) groups is 3. The number of unbranched alkanes of at least 4 members (excludes halogenated alkanes) is 2. The average molecular weight is 364 g/mol. The van der Waals surface area contributed by atoms with Crippen LogP contribution in [-0.4, -0.2) is 29.2 Å². The van der Waals surface area contributed by atoms with Crippen molar-refractivity contribution in [3.8, 4) is 0 Å². The minimum atomic E-state index is -0.218. The van der Waals surface area contributed by atoms with E-state index in [-0.39, 0.29) is 23.8 Å². The van der Waals surface area contributed by atoms with Gasteiger partial charge in [0.05, 0.1) is 17.2 Å². The van der Waals surface area contributed by atoms with Crippen LogP contribution in [0, 0.1) is 0 Å². The number of nitrogens with zero attached hydrogens (tertiary/aromatic N) is 1. The SMILES string of the molecule is CC(NC(=O)CCCCCN1C(=O)c2ccccc2C1=O)c1ccccc1. The minimum absolute atomic E-state index is 0.0166. The Morgan fingerprint density at radius 2 is 1.48 bits per heavy atom. The van der Waals surface area contributed by atoms with E-state index in [2.05, 4.69) is 5.32 Å². The lowest BCUT2D eigenvalue weighted by Gasteiger charge is -2.15. The number of hydrogen-bond acceptors (Lipinski definition) is 3. The highest BCUT2D eigenvalue weighted by atomic mass is 16.2. The highest BCUT2D eigenvalue weighted by molar-refractivity contribution is 6.21. The van der Waals surface area contributed by atoms with Crippen LogP contribution in [0.5, 0.6) is 0 Å². The van der Waals surface area contributed by atoms with E-state index in [1.807, 2.05) is 37.3 Å². The molecule has 3 rings (SSSR count). The van der Waals surface area contributed by atoms with E-state index in [0.717, 1.165) is 18.4 Å². The summed E-state index contributed by atoms with van der Waals surface area (Å²) < 4.78 is 0. The fourth-order valence-electron chi connectivity index (χ4n) is 3.31. The van der Waals surface area contributed by atoms with Gasteiger partial charge in [0.25, 0.3) is 11.8 Å². The summed E-state index contributed by atoms with van der Waals surface area (Å²) in [6, 6.07) is 16.7. The van der Waals surface area contributed by atoms with Gasteiger partial charge in [-0.2, -0.15) is 0 Å². The molecule has 0 spiro atoms. The lowest BCUT2D eigenvalue weighted by atomic mass is 10.1. The van der Waals surface area contributed by atoms with Crippen LogP contribution in [0.15, 0.2) is 54.6 Å². The number of imide groups is 1. The zero-order valence-electron chi connectivity index (χ0n) is 15.5. The first-order valence-corrected chi connectivity index (χ1v) is 9.37. The smallest absolute Gasteiger partial charge is 0.261 e. The Hall–Kier alpha value is -2.95. The summed E-state index contributed by atoms with van der Waals surface area (Å²) >= 11 is 0. The van der Waals surface area contributed by atoms with E-state index < -0.39 is 0 Å². The number of benzene rings is 2. The molecule has 0 saturated carbocycles. The van der Waals surface area contributed by atoms with Gasteiger partial charge in [-0.1, -0.05) is 48.9 Å². The molecule has 3 amide bonds. The van der Waals surface area contributed by atoms with Crippen LogP contribution < -0.4 is 5.32 Å². The first kappa shape index (κ1) is 18.8. The van der Waals surface area contributed by atoms with Crippen molar-refractivity contribution in [3.05, 3.63) is 71.3 Å². The Bertz CT molecular complexity index is 797. The van der Waals surface area contributed by atoms with Gasteiger partial charge in [0, 0.05) is 13.0 Å². The number of amides is 3. The number of nitrogens with one attached hydrogen (secondary N) is 1. The van der Waals surface area contributed by atoms with Gasteiger partial charge in [-0.3, -0.25) is 19.3 Å². The van der Waals surface area contributed by atoms with Crippen LogP contribution >= 0.6 is 0 Å². The summed E-state index contributed by atoms with van der Waals surface area (Å²) in [6.07, 6.45) is 2.67. The van der Waals surface area contributed by atoms with Crippen LogP contribution in [0.25, 0.3) is 0 Å². The van der Waals surface area contributed by atoms with E-state index in [0.29, 0.717) is 30.5 Å². The summed E-state index contributed by atoms with van der Waals surface area (Å²) in [5.41, 5.74) is 2.05. The molecule has 2 aromatic carbocycles. The second kappa shape index (κ2) is 8.62. The number of rotatable bonds is 8. The van der Waals surface area contributed by atoms with Crippen LogP contribution in [-0.2, 0) is 4.79 Å². The standard InChI is InChI=1S/C22H24N2O3/c1-16(17-10-4-2-5-11-17)23-20(25)14-6-3-9-15-24-21(26)18-12-7-8-13-19(18)22(24)27/h2,4-5,7-8,10-13,16H,3,6,9,14-15H2,1H3,(H,23,25). The summed E-state index contributed by atoms with van der Waals surface area (Å²) in [7, 11) is 0. The Kier molecular flexibility index (Phi) is 6.01. The molecular formula is C22H24N2O3. The fourth-order valence-corrected chi connectivity index (χ4v) is 3.31. The third-order valence-corrected chi connectivity index (χ3v) is 4.84. The Morgan fingerprint density at radius 1 is 0.889 bits per heavy atom. The largest absolute Gasteiger partial charge is 0.350 e. The van der Waals surface area contributed by atoms with Gasteiger partial charge in [-0.05, 0) is 37.5 Å². The zero-order valence-corrected chi connectivity index (χ0v) is 15.5. The van der Waals surface area contributed by atoms with E-state index in [1.165, 1.54) is 4.90 Å². The molecule has 140 valence electrons. The summed E-state index contributed by atoms with van der Waals surface area (Å²) in [6.45, 7) is 2.36. The third kappa shape index (κ3) is 4.42. The lowest BCUT2D eigenvalue weighted by molar-refractivity contribution is -0.121. The van der Waals surface area contributed by atoms with Gasteiger partial charge in [-0.15, -0.1) is 0 Å². The molecule has 1 N–H and O–H groups in total. The van der Waals surface area contributed by atoms with E-state index in [1.54, 1.807) is 24.3 Å². The summed E-state index contributed by atoms with van der Waals surface area (Å²) in [4.78, 5) is 37.9. The van der Waals surface area contributed by atoms with Crippen molar-refractivity contribution in [2.75, 3.05) is 6.54 Å². The minimum Gasteiger partial charge on any atom is -0.350 e. The Morgan fingerprint density at radius 3 is 2.11 bits per heavy atom. The maximum Gasteiger partial charge on any atom is 0.261 e. The molecule has 1 atom stereocenters. The number of carbonyl (C=O) groups excluding carboxylic acids is 3. The van der Waals surface area contributed by atoms with E-state index in [9.17, 15) is 14.4 Å². The summed E-state index contributed by atoms with van der Waals surface area (Å²) in [5.74, 6) is -0.415. The molecule has 0 aromatic heterocycles. The second-order valence-corrected chi connectivity index (χ2v) is 6.82. The van der Waals surface area contributed by atoms with Gasteiger partial charge in [-0.25, -0.2) is 0 Å². The van der Waals surface area contributed by atoms with Gasteiger partial charge in [0.15, 0.2) is 0 Å². The molecule has 0 radical (unpaired) electrons. The van der Waals surface area contributed by atoms with Crippen LogP contribution in [0.2, 0.25) is 0 Å². The maximum atomic E-state index is 12.3. The van der Waals surface area contributed by atoms with Crippen molar-refractivity contribution in [1.29, 1.82) is 0 Å². The van der Waals surface area contributed by atoms with Crippen molar-refractivity contribution in [1.82, 2.24) is 10.2 Å². The molecule has 1 unspecified atom stereocenters. The van der Waals surface area contributed by atoms with E-state index >= 15 is 0 Å². The molecule has 0 saturated heterocycles. The van der Waals surface area contributed by atoms with Gasteiger partial charge in [0.2, 0.25) is 5.91 Å². The monoisotopic (exact) mass is 364 g/mol. The fraction of sp³-hybridized carbons (Fsp3) is 0.318. The summed E-state index contributed by atoms with van der Waals surface area (Å²) in [5, 5.41) is 3.00. The maximum absolute atomic E-state index is 12.3. The predicted octanol–water partition coefficient (Wildman–Crippen LogP) is 3.72. The van der Waals surface area contributed by atoms with Gasteiger partial charge < -0.3 is 5.32 Å². The number of hydrogen-bond donors (Lipinski definition) is 1. The average Bonchev–Trinajstić information content (AvgIpc) is 2.93. The Labute approximate surface area is 159 Å². The molecule has 1 heterocycles. The van der Waals surface area contributed by atoms with Crippen molar-refractivity contribution in [2.45, 2.75) is 38.6 Å². The predicted molar refractivity (Wildman–Crippen MR) is 103 cm³/mol. The molecule has 0 aliphatic carbocycles. The highest BCUT2D eigenvalue weighted by Gasteiger charge is 2.34. The third-order valence-electron chi connectivity index (χ3n) is 4.84. The first-order valence-electron chi connectivity index (χ1n) is 9.37. The zero-order chi connectivity index (χ0) is 19.2. The second-order valence-electron chi connectivity index (χ2n) is 6.82. The molecule has 5 heteroatoms. The molecule has 27 heavy (non-hydrogen) atoms. The van der Waals surface area contributed by atoms with Gasteiger partial charge >= 0.3 is 0 Å². The molecular weight excluding hydrogens is 340 g/mol. The molecule has 0 bridgehead atoms.